The van der Waals surface area contributed by atoms with Crippen LogP contribution in [0, 0.1) is 11.3 Å². The number of fused-ring (bicyclic) bond motifs is 2. The third kappa shape index (κ3) is 6.29. The Balaban J connectivity index is 1.58. The van der Waals surface area contributed by atoms with Crippen molar-refractivity contribution in [3.63, 3.8) is 0 Å². The number of aromatic nitrogens is 2. The molecule has 2 heterocycles. The van der Waals surface area contributed by atoms with Crippen LogP contribution in [0.5, 0.6) is 0 Å². The number of aromatic amines is 1. The number of amides is 1. The number of methoxy groups -OCH3 is 1. The zero-order valence-corrected chi connectivity index (χ0v) is 25.7. The minimum absolute atomic E-state index is 0.0727. The quantitative estimate of drug-likeness (QED) is 0.246. The summed E-state index contributed by atoms with van der Waals surface area (Å²) < 4.78 is 10.8. The van der Waals surface area contributed by atoms with Crippen LogP contribution in [0.4, 0.5) is 10.5 Å². The second-order valence-corrected chi connectivity index (χ2v) is 12.4. The van der Waals surface area contributed by atoms with Crippen molar-refractivity contribution in [2.75, 3.05) is 25.1 Å². The highest BCUT2D eigenvalue weighted by molar-refractivity contribution is 6.03. The highest BCUT2D eigenvalue weighted by Gasteiger charge is 2.31. The Morgan fingerprint density at radius 1 is 1.12 bits per heavy atom. The normalized spacial score (nSPS) is 14.2. The molecule has 1 saturated heterocycles. The van der Waals surface area contributed by atoms with Crippen molar-refractivity contribution in [3.8, 4) is 6.07 Å². The molecular weight excluding hydrogens is 542 g/mol. The van der Waals surface area contributed by atoms with Crippen LogP contribution in [-0.4, -0.2) is 58.8 Å². The van der Waals surface area contributed by atoms with Gasteiger partial charge in [-0.25, -0.2) is 14.6 Å². The summed E-state index contributed by atoms with van der Waals surface area (Å²) >= 11 is 0. The lowest BCUT2D eigenvalue weighted by atomic mass is 9.97. The summed E-state index contributed by atoms with van der Waals surface area (Å²) in [5, 5.41) is 11.6. The Hall–Kier alpha value is -4.58. The minimum Gasteiger partial charge on any atom is -0.465 e. The zero-order chi connectivity index (χ0) is 30.9. The number of carbonyl (C=O) groups is 2. The highest BCUT2D eigenvalue weighted by atomic mass is 16.6. The molecule has 1 fully saturated rings. The maximum atomic E-state index is 13.0. The van der Waals surface area contributed by atoms with Crippen LogP contribution in [0.25, 0.3) is 21.8 Å². The van der Waals surface area contributed by atoms with Crippen molar-refractivity contribution >= 4 is 39.6 Å². The second-order valence-electron chi connectivity index (χ2n) is 12.4. The number of H-pyrrole nitrogens is 1. The van der Waals surface area contributed by atoms with Gasteiger partial charge >= 0.3 is 12.1 Å². The largest absolute Gasteiger partial charge is 0.465 e. The molecule has 1 aromatic heterocycles. The summed E-state index contributed by atoms with van der Waals surface area (Å²) in [6, 6.07) is 18.1. The molecule has 1 aliphatic heterocycles. The molecule has 0 bridgehead atoms. The first-order chi connectivity index (χ1) is 20.5. The van der Waals surface area contributed by atoms with Crippen molar-refractivity contribution in [2.45, 2.75) is 71.6 Å². The number of nitrogens with zero attached hydrogens (tertiary/aromatic N) is 4. The SMILES string of the molecule is COC(=O)c1cc(N(Cc2ccc(C#N)c3ccccc23)C2CCN(C(=O)OC(C)(C)C)CC2)cc2[nH]c(C(C)C)nc12. The molecule has 9 nitrogen and oxygen atoms in total. The average molecular weight is 582 g/mol. The molecule has 43 heavy (non-hydrogen) atoms. The number of piperidine rings is 1. The fourth-order valence-corrected chi connectivity index (χ4v) is 5.72. The fourth-order valence-electron chi connectivity index (χ4n) is 5.72. The Morgan fingerprint density at radius 2 is 1.81 bits per heavy atom. The number of nitrogens with one attached hydrogen (secondary N) is 1. The van der Waals surface area contributed by atoms with Crippen molar-refractivity contribution in [1.29, 1.82) is 5.26 Å². The Kier molecular flexibility index (Phi) is 8.32. The van der Waals surface area contributed by atoms with E-state index in [0.717, 1.165) is 46.2 Å². The number of likely N-dealkylation sites (tertiary alicyclic amines) is 1. The summed E-state index contributed by atoms with van der Waals surface area (Å²) in [6.45, 7) is 11.4. The number of benzene rings is 3. The minimum atomic E-state index is -0.560. The number of nitriles is 1. The van der Waals surface area contributed by atoms with E-state index >= 15 is 0 Å². The summed E-state index contributed by atoms with van der Waals surface area (Å²) in [6.07, 6.45) is 1.14. The zero-order valence-electron chi connectivity index (χ0n) is 25.7. The standard InChI is InChI=1S/C34H39N5O4/c1-21(2)31-36-29-18-25(17-28(30(29)37-31)32(40)42-6)39(24-13-15-38(16-14-24)33(41)43-34(3,4)5)20-23-12-11-22(19-35)26-9-7-8-10-27(23)26/h7-12,17-18,21,24H,13-16,20H2,1-6H3,(H,36,37). The van der Waals surface area contributed by atoms with Gasteiger partial charge in [-0.3, -0.25) is 0 Å². The number of anilines is 1. The van der Waals surface area contributed by atoms with Crippen LogP contribution >= 0.6 is 0 Å². The first kappa shape index (κ1) is 29.9. The number of hydrogen-bond donors (Lipinski definition) is 1. The maximum Gasteiger partial charge on any atom is 0.410 e. The fraction of sp³-hybridized carbons (Fsp3) is 0.412. The van der Waals surface area contributed by atoms with Gasteiger partial charge in [-0.2, -0.15) is 5.26 Å². The van der Waals surface area contributed by atoms with Gasteiger partial charge in [0.05, 0.1) is 29.8 Å². The van der Waals surface area contributed by atoms with E-state index in [1.165, 1.54) is 7.11 Å². The summed E-state index contributed by atoms with van der Waals surface area (Å²) in [4.78, 5) is 38.0. The van der Waals surface area contributed by atoms with E-state index in [-0.39, 0.29) is 18.1 Å². The molecule has 3 aromatic carbocycles. The molecule has 0 spiro atoms. The first-order valence-corrected chi connectivity index (χ1v) is 14.8. The Labute approximate surface area is 252 Å². The van der Waals surface area contributed by atoms with Crippen LogP contribution in [0.15, 0.2) is 48.5 Å². The summed E-state index contributed by atoms with van der Waals surface area (Å²) in [5.74, 6) is 0.504. The maximum absolute atomic E-state index is 13.0. The van der Waals surface area contributed by atoms with E-state index in [0.29, 0.717) is 36.3 Å². The van der Waals surface area contributed by atoms with Crippen LogP contribution < -0.4 is 4.90 Å². The number of imidazole rings is 1. The van der Waals surface area contributed by atoms with Crippen molar-refractivity contribution in [3.05, 3.63) is 71.0 Å². The topological polar surface area (TPSA) is 112 Å². The smallest absolute Gasteiger partial charge is 0.410 e. The molecule has 0 unspecified atom stereocenters. The monoisotopic (exact) mass is 581 g/mol. The van der Waals surface area contributed by atoms with Crippen LogP contribution in [0.1, 0.15) is 80.7 Å². The van der Waals surface area contributed by atoms with E-state index in [9.17, 15) is 14.9 Å². The van der Waals surface area contributed by atoms with Gasteiger partial charge in [0, 0.05) is 37.3 Å². The van der Waals surface area contributed by atoms with Crippen molar-refractivity contribution in [2.24, 2.45) is 0 Å². The lowest BCUT2D eigenvalue weighted by molar-refractivity contribution is 0.0204. The molecule has 1 N–H and O–H groups in total. The van der Waals surface area contributed by atoms with Gasteiger partial charge in [0.1, 0.15) is 16.9 Å². The lowest BCUT2D eigenvalue weighted by Crippen LogP contribution is -2.48. The molecule has 0 atom stereocenters. The van der Waals surface area contributed by atoms with Gasteiger partial charge in [0.15, 0.2) is 0 Å². The second kappa shape index (κ2) is 12.0. The predicted octanol–water partition coefficient (Wildman–Crippen LogP) is 6.90. The first-order valence-electron chi connectivity index (χ1n) is 14.8. The molecule has 5 rings (SSSR count). The molecule has 4 aromatic rings. The number of carbonyl (C=O) groups excluding carboxylic acids is 2. The van der Waals surface area contributed by atoms with Gasteiger partial charge in [-0.1, -0.05) is 44.2 Å². The Morgan fingerprint density at radius 3 is 2.44 bits per heavy atom. The summed E-state index contributed by atoms with van der Waals surface area (Å²) in [7, 11) is 1.38. The molecule has 0 radical (unpaired) electrons. The highest BCUT2D eigenvalue weighted by Crippen LogP contribution is 2.34. The molecule has 0 saturated carbocycles. The molecule has 9 heteroatoms. The van der Waals surface area contributed by atoms with Crippen LogP contribution in [-0.2, 0) is 16.0 Å². The number of hydrogen-bond acceptors (Lipinski definition) is 7. The van der Waals surface area contributed by atoms with Crippen LogP contribution in [0.3, 0.4) is 0 Å². The van der Waals surface area contributed by atoms with Gasteiger partial charge in [0.2, 0.25) is 0 Å². The molecule has 1 amide bonds. The number of rotatable bonds is 6. The lowest BCUT2D eigenvalue weighted by Gasteiger charge is -2.40. The third-order valence-corrected chi connectivity index (χ3v) is 7.91. The van der Waals surface area contributed by atoms with E-state index in [4.69, 9.17) is 14.5 Å². The molecule has 0 aliphatic carbocycles. The van der Waals surface area contributed by atoms with E-state index < -0.39 is 11.6 Å². The average Bonchev–Trinajstić information content (AvgIpc) is 3.43. The number of esters is 1. The van der Waals surface area contributed by atoms with Crippen LogP contribution in [0.2, 0.25) is 0 Å². The van der Waals surface area contributed by atoms with Gasteiger partial charge < -0.3 is 24.3 Å². The molecule has 224 valence electrons. The third-order valence-electron chi connectivity index (χ3n) is 7.91. The van der Waals surface area contributed by atoms with Gasteiger partial charge in [0.25, 0.3) is 0 Å². The van der Waals surface area contributed by atoms with E-state index in [2.05, 4.69) is 29.8 Å². The summed E-state index contributed by atoms with van der Waals surface area (Å²) in [5.41, 5.74) is 3.75. The van der Waals surface area contributed by atoms with Crippen molar-refractivity contribution in [1.82, 2.24) is 14.9 Å². The van der Waals surface area contributed by atoms with E-state index in [1.807, 2.05) is 69.3 Å². The van der Waals surface area contributed by atoms with Gasteiger partial charge in [-0.05, 0) is 68.1 Å². The molecular formula is C34H39N5O4. The van der Waals surface area contributed by atoms with Gasteiger partial charge in [-0.15, -0.1) is 0 Å². The van der Waals surface area contributed by atoms with Crippen molar-refractivity contribution < 1.29 is 19.1 Å². The molecule has 1 aliphatic rings. The Bertz CT molecular complexity index is 1700. The number of ether oxygens (including phenoxy) is 2. The predicted molar refractivity (Wildman–Crippen MR) is 167 cm³/mol. The van der Waals surface area contributed by atoms with E-state index in [1.54, 1.807) is 4.90 Å².